The van der Waals surface area contributed by atoms with Crippen LogP contribution < -0.4 is 0 Å². The molecular formula is C25H27NO. The van der Waals surface area contributed by atoms with Gasteiger partial charge in [-0.05, 0) is 30.4 Å². The predicted octanol–water partition coefficient (Wildman–Crippen LogP) is 7.29. The van der Waals surface area contributed by atoms with E-state index in [0.717, 1.165) is 23.7 Å². The van der Waals surface area contributed by atoms with Gasteiger partial charge < -0.3 is 4.57 Å². The quantitative estimate of drug-likeness (QED) is 0.251. The first-order chi connectivity index (χ1) is 13.3. The third kappa shape index (κ3) is 2.93. The molecule has 3 aromatic carbocycles. The van der Waals surface area contributed by atoms with Crippen molar-refractivity contribution in [2.75, 3.05) is 0 Å². The standard InChI is InChI=1S/C25H27NO/c1-3-5-6-11-19(4-2)26-24-15-10-9-13-21(24)23-16-18(17-27)20-12-7-8-14-22(20)25(23)26/h7-10,12-17,19H,3-6,11H2,1-2H3. The van der Waals surface area contributed by atoms with Crippen molar-refractivity contribution in [2.45, 2.75) is 52.0 Å². The number of carbonyl (C=O) groups is 1. The van der Waals surface area contributed by atoms with Crippen LogP contribution in [0.15, 0.2) is 54.6 Å². The number of unbranched alkanes of at least 4 members (excludes halogenated alkanes) is 2. The van der Waals surface area contributed by atoms with Crippen molar-refractivity contribution in [1.82, 2.24) is 4.57 Å². The van der Waals surface area contributed by atoms with Gasteiger partial charge in [-0.1, -0.05) is 75.6 Å². The first-order valence-corrected chi connectivity index (χ1v) is 10.2. The lowest BCUT2D eigenvalue weighted by molar-refractivity contribution is 0.112. The molecule has 0 aliphatic heterocycles. The largest absolute Gasteiger partial charge is 0.337 e. The molecule has 4 rings (SSSR count). The highest BCUT2D eigenvalue weighted by molar-refractivity contribution is 6.21. The van der Waals surface area contributed by atoms with Gasteiger partial charge in [-0.25, -0.2) is 0 Å². The molecule has 138 valence electrons. The van der Waals surface area contributed by atoms with Crippen molar-refractivity contribution >= 4 is 38.9 Å². The summed E-state index contributed by atoms with van der Waals surface area (Å²) in [7, 11) is 0. The molecule has 1 heterocycles. The van der Waals surface area contributed by atoms with Crippen molar-refractivity contribution < 1.29 is 4.79 Å². The first-order valence-electron chi connectivity index (χ1n) is 10.2. The Morgan fingerprint density at radius 2 is 1.59 bits per heavy atom. The number of benzene rings is 3. The highest BCUT2D eigenvalue weighted by atomic mass is 16.1. The molecule has 2 nitrogen and oxygen atoms in total. The maximum Gasteiger partial charge on any atom is 0.150 e. The van der Waals surface area contributed by atoms with E-state index in [1.807, 2.05) is 6.07 Å². The fraction of sp³-hybridized carbons (Fsp3) is 0.320. The van der Waals surface area contributed by atoms with E-state index in [1.165, 1.54) is 52.9 Å². The molecule has 0 radical (unpaired) electrons. The maximum atomic E-state index is 11.8. The Bertz CT molecular complexity index is 1110. The summed E-state index contributed by atoms with van der Waals surface area (Å²) in [5.41, 5.74) is 3.34. The lowest BCUT2D eigenvalue weighted by Crippen LogP contribution is -2.08. The summed E-state index contributed by atoms with van der Waals surface area (Å²) in [5, 5.41) is 4.67. The minimum Gasteiger partial charge on any atom is -0.337 e. The van der Waals surface area contributed by atoms with Crippen molar-refractivity contribution in [2.24, 2.45) is 0 Å². The van der Waals surface area contributed by atoms with Gasteiger partial charge in [-0.2, -0.15) is 0 Å². The van der Waals surface area contributed by atoms with Crippen LogP contribution in [0.25, 0.3) is 32.6 Å². The number of para-hydroxylation sites is 1. The number of carbonyl (C=O) groups excluding carboxylic acids is 1. The van der Waals surface area contributed by atoms with E-state index in [0.29, 0.717) is 6.04 Å². The van der Waals surface area contributed by atoms with E-state index in [2.05, 4.69) is 66.9 Å². The van der Waals surface area contributed by atoms with E-state index >= 15 is 0 Å². The second-order valence-corrected chi connectivity index (χ2v) is 7.47. The topological polar surface area (TPSA) is 22.0 Å². The fourth-order valence-corrected chi connectivity index (χ4v) is 4.51. The average Bonchev–Trinajstić information content (AvgIpc) is 3.05. The van der Waals surface area contributed by atoms with Crippen LogP contribution in [0.4, 0.5) is 0 Å². The van der Waals surface area contributed by atoms with E-state index in [1.54, 1.807) is 0 Å². The number of nitrogens with zero attached hydrogens (tertiary/aromatic N) is 1. The number of hydrogen-bond donors (Lipinski definition) is 0. The van der Waals surface area contributed by atoms with Crippen molar-refractivity contribution in [3.05, 3.63) is 60.2 Å². The Kier molecular flexibility index (Phi) is 4.98. The van der Waals surface area contributed by atoms with Crippen molar-refractivity contribution in [3.8, 4) is 0 Å². The summed E-state index contributed by atoms with van der Waals surface area (Å²) >= 11 is 0. The molecule has 1 atom stereocenters. The van der Waals surface area contributed by atoms with Gasteiger partial charge in [-0.15, -0.1) is 0 Å². The second kappa shape index (κ2) is 7.56. The predicted molar refractivity (Wildman–Crippen MR) is 116 cm³/mol. The summed E-state index contributed by atoms with van der Waals surface area (Å²) in [5.74, 6) is 0. The summed E-state index contributed by atoms with van der Waals surface area (Å²) in [6, 6.07) is 19.5. The normalized spacial score (nSPS) is 12.8. The third-order valence-corrected chi connectivity index (χ3v) is 5.85. The molecule has 2 heteroatoms. The lowest BCUT2D eigenvalue weighted by Gasteiger charge is -2.21. The second-order valence-electron chi connectivity index (χ2n) is 7.47. The van der Waals surface area contributed by atoms with Crippen LogP contribution in [-0.4, -0.2) is 10.9 Å². The number of hydrogen-bond acceptors (Lipinski definition) is 1. The summed E-state index contributed by atoms with van der Waals surface area (Å²) in [4.78, 5) is 11.8. The van der Waals surface area contributed by atoms with Gasteiger partial charge in [-0.3, -0.25) is 4.79 Å². The smallest absolute Gasteiger partial charge is 0.150 e. The number of fused-ring (bicyclic) bond motifs is 5. The molecule has 0 bridgehead atoms. The Labute approximate surface area is 160 Å². The molecule has 0 saturated carbocycles. The molecule has 4 aromatic rings. The van der Waals surface area contributed by atoms with Gasteiger partial charge in [0, 0.05) is 33.3 Å². The number of aldehydes is 1. The lowest BCUT2D eigenvalue weighted by atomic mass is 10.00. The van der Waals surface area contributed by atoms with Crippen LogP contribution in [0, 0.1) is 0 Å². The maximum absolute atomic E-state index is 11.8. The van der Waals surface area contributed by atoms with Crippen LogP contribution in [0.3, 0.4) is 0 Å². The van der Waals surface area contributed by atoms with E-state index in [9.17, 15) is 4.79 Å². The van der Waals surface area contributed by atoms with Crippen molar-refractivity contribution in [3.63, 3.8) is 0 Å². The molecule has 0 saturated heterocycles. The molecule has 0 aliphatic rings. The molecule has 27 heavy (non-hydrogen) atoms. The van der Waals surface area contributed by atoms with Gasteiger partial charge in [0.15, 0.2) is 6.29 Å². The minimum absolute atomic E-state index is 0.476. The Morgan fingerprint density at radius 3 is 2.30 bits per heavy atom. The van der Waals surface area contributed by atoms with E-state index < -0.39 is 0 Å². The molecule has 1 unspecified atom stereocenters. The molecule has 1 aromatic heterocycles. The Morgan fingerprint density at radius 1 is 0.889 bits per heavy atom. The number of aromatic nitrogens is 1. The highest BCUT2D eigenvalue weighted by Crippen LogP contribution is 2.39. The van der Waals surface area contributed by atoms with Gasteiger partial charge in [0.1, 0.15) is 0 Å². The van der Waals surface area contributed by atoms with E-state index in [-0.39, 0.29) is 0 Å². The van der Waals surface area contributed by atoms with Crippen LogP contribution >= 0.6 is 0 Å². The van der Waals surface area contributed by atoms with Gasteiger partial charge in [0.2, 0.25) is 0 Å². The van der Waals surface area contributed by atoms with Crippen molar-refractivity contribution in [1.29, 1.82) is 0 Å². The van der Waals surface area contributed by atoms with Gasteiger partial charge in [0.05, 0.1) is 5.52 Å². The highest BCUT2D eigenvalue weighted by Gasteiger charge is 2.20. The van der Waals surface area contributed by atoms with Gasteiger partial charge in [0.25, 0.3) is 0 Å². The Hall–Kier alpha value is -2.61. The molecule has 0 fully saturated rings. The van der Waals surface area contributed by atoms with E-state index in [4.69, 9.17) is 0 Å². The zero-order chi connectivity index (χ0) is 18.8. The molecule has 0 aliphatic carbocycles. The summed E-state index contributed by atoms with van der Waals surface area (Å²) in [6.45, 7) is 4.55. The fourth-order valence-electron chi connectivity index (χ4n) is 4.51. The zero-order valence-electron chi connectivity index (χ0n) is 16.2. The molecule has 0 amide bonds. The average molecular weight is 357 g/mol. The van der Waals surface area contributed by atoms with Crippen LogP contribution in [-0.2, 0) is 0 Å². The van der Waals surface area contributed by atoms with Crippen LogP contribution in [0.2, 0.25) is 0 Å². The number of rotatable bonds is 7. The first kappa shape index (κ1) is 17.8. The van der Waals surface area contributed by atoms with Crippen LogP contribution in [0.5, 0.6) is 0 Å². The Balaban J connectivity index is 2.09. The summed E-state index contributed by atoms with van der Waals surface area (Å²) < 4.78 is 2.55. The van der Waals surface area contributed by atoms with Crippen LogP contribution in [0.1, 0.15) is 62.4 Å². The molecule has 0 spiro atoms. The van der Waals surface area contributed by atoms with Gasteiger partial charge >= 0.3 is 0 Å². The molecular weight excluding hydrogens is 330 g/mol. The SMILES string of the molecule is CCCCCC(CC)n1c2ccccc2c2cc(C=O)c3ccccc3c21. The minimum atomic E-state index is 0.476. The third-order valence-electron chi connectivity index (χ3n) is 5.85. The zero-order valence-corrected chi connectivity index (χ0v) is 16.2. The monoisotopic (exact) mass is 357 g/mol. The summed E-state index contributed by atoms with van der Waals surface area (Å²) in [6.07, 6.45) is 7.09. The molecule has 0 N–H and O–H groups in total.